The van der Waals surface area contributed by atoms with E-state index >= 15 is 0 Å². The molecule has 0 aromatic carbocycles. The molecule has 0 aromatic heterocycles. The molecule has 4 fully saturated rings. The van der Waals surface area contributed by atoms with Crippen LogP contribution in [0.25, 0.3) is 0 Å². The molecule has 18 heteroatoms. The largest absolute Gasteiger partial charge is 2.00 e. The van der Waals surface area contributed by atoms with Gasteiger partial charge in [0.1, 0.15) is 0 Å². The van der Waals surface area contributed by atoms with Crippen molar-refractivity contribution >= 4 is 171 Å². The quantitative estimate of drug-likeness (QED) is 0.0908. The number of rotatable bonds is 20. The van der Waals surface area contributed by atoms with Gasteiger partial charge in [0, 0.05) is 67.9 Å². The second kappa shape index (κ2) is 38.6. The van der Waals surface area contributed by atoms with E-state index in [0.717, 1.165) is 72.4 Å². The topological polar surface area (TPSA) is 161 Å². The van der Waals surface area contributed by atoms with Gasteiger partial charge >= 0.3 is 60.8 Å². The second-order valence-electron chi connectivity index (χ2n) is 11.8. The second-order valence-corrected chi connectivity index (χ2v) is 22.9. The predicted molar refractivity (Wildman–Crippen MR) is 219 cm³/mol. The first kappa shape index (κ1) is 54.8. The molecule has 0 radical (unpaired) electrons. The van der Waals surface area contributed by atoms with Crippen LogP contribution in [-0.2, 0) is 19.2 Å². The summed E-state index contributed by atoms with van der Waals surface area (Å²) in [5.41, 5.74) is 0. The molecule has 0 N–H and O–H groups in total. The summed E-state index contributed by atoms with van der Waals surface area (Å²) >= 11 is 0. The van der Waals surface area contributed by atoms with Crippen molar-refractivity contribution in [3.8, 4) is 0 Å². The number of carbonyl (C=O) groups is 4. The number of carboxylic acid groups (broad SMARTS) is 4. The SMILES string of the molecule is O=C([O-])CCCC[C@@H]1CCSS1.O=C([O-])CCCC[C@@H]1CCSS1.O=C([O-])CCCC[C@@H]1CCSS1.O=C([O-])CCCC[C@@H]1CCSS1.[Ca+2].[Mg+2]. The first-order valence-corrected chi connectivity index (χ1v) is 26.6. The average molecular weight is 886 g/mol. The van der Waals surface area contributed by atoms with Gasteiger partial charge in [0.15, 0.2) is 0 Å². The van der Waals surface area contributed by atoms with Crippen LogP contribution in [0, 0.1) is 0 Å². The molecular formula is C32H52CaMgO8S8. The predicted octanol–water partition coefficient (Wildman–Crippen LogP) is 5.04. The standard InChI is InChI=1S/4C8H14O2S2.Ca.Mg/c4*9-8(10)4-2-1-3-7-5-6-11-12-7;;/h4*7H,1-6H2,(H,9,10);;/q;;;;2*+2/p-4/t4*7-;;/m1111../s1. The summed E-state index contributed by atoms with van der Waals surface area (Å²) < 4.78 is 0. The van der Waals surface area contributed by atoms with E-state index in [9.17, 15) is 39.6 Å². The maximum atomic E-state index is 10.1. The third-order valence-corrected chi connectivity index (χ3v) is 19.6. The van der Waals surface area contributed by atoms with Gasteiger partial charge in [-0.1, -0.05) is 112 Å². The Hall–Kier alpha value is 2.71. The fraction of sp³-hybridized carbons (Fsp3) is 0.875. The van der Waals surface area contributed by atoms with Gasteiger partial charge in [-0.2, -0.15) is 0 Å². The van der Waals surface area contributed by atoms with Gasteiger partial charge in [0.25, 0.3) is 0 Å². The van der Waals surface area contributed by atoms with E-state index in [2.05, 4.69) is 0 Å². The van der Waals surface area contributed by atoms with Crippen molar-refractivity contribution < 1.29 is 39.6 Å². The molecule has 280 valence electrons. The smallest absolute Gasteiger partial charge is 0.550 e. The zero-order chi connectivity index (χ0) is 35.2. The molecule has 4 atom stereocenters. The molecule has 0 unspecified atom stereocenters. The van der Waals surface area contributed by atoms with Crippen molar-refractivity contribution in [1.29, 1.82) is 0 Å². The Bertz CT molecular complexity index is 726. The molecule has 8 nitrogen and oxygen atoms in total. The Kier molecular flexibility index (Phi) is 42.3. The van der Waals surface area contributed by atoms with Gasteiger partial charge in [-0.3, -0.25) is 0 Å². The molecule has 0 aliphatic carbocycles. The van der Waals surface area contributed by atoms with Gasteiger partial charge in [-0.25, -0.2) is 0 Å². The van der Waals surface area contributed by atoms with E-state index in [1.54, 1.807) is 0 Å². The number of unbranched alkanes of at least 4 members (excludes halogenated alkanes) is 4. The van der Waals surface area contributed by atoms with Crippen LogP contribution >= 0.6 is 86.4 Å². The fourth-order valence-corrected chi connectivity index (χ4v) is 16.9. The van der Waals surface area contributed by atoms with Crippen LogP contribution < -0.4 is 20.4 Å². The van der Waals surface area contributed by atoms with E-state index < -0.39 is 23.9 Å². The van der Waals surface area contributed by atoms with Crippen molar-refractivity contribution in [2.45, 2.75) is 149 Å². The molecule has 0 saturated carbocycles. The fourth-order valence-electron chi connectivity index (χ4n) is 4.82. The normalized spacial score (nSPS) is 21.9. The first-order chi connectivity index (χ1) is 23.2. The number of aliphatic carboxylic acids is 4. The van der Waals surface area contributed by atoms with Crippen molar-refractivity contribution in [3.05, 3.63) is 0 Å². The summed E-state index contributed by atoms with van der Waals surface area (Å²) in [5, 5.41) is 43.4. The van der Waals surface area contributed by atoms with Gasteiger partial charge in [0.2, 0.25) is 0 Å². The zero-order valence-electron chi connectivity index (χ0n) is 29.2. The van der Waals surface area contributed by atoms with Crippen LogP contribution in [0.3, 0.4) is 0 Å². The third kappa shape index (κ3) is 36.4. The zero-order valence-corrected chi connectivity index (χ0v) is 39.4. The Morgan fingerprint density at radius 2 is 0.600 bits per heavy atom. The summed E-state index contributed by atoms with van der Waals surface area (Å²) in [4.78, 5) is 40.3. The average Bonchev–Trinajstić information content (AvgIpc) is 3.88. The minimum atomic E-state index is -0.913. The maximum Gasteiger partial charge on any atom is 2.00 e. The molecule has 50 heavy (non-hydrogen) atoms. The Morgan fingerprint density at radius 3 is 0.740 bits per heavy atom. The molecule has 4 rings (SSSR count). The minimum Gasteiger partial charge on any atom is -0.550 e. The van der Waals surface area contributed by atoms with Crippen molar-refractivity contribution in [2.75, 3.05) is 23.0 Å². The molecular weight excluding hydrogens is 833 g/mol. The number of hydrogen-bond donors (Lipinski definition) is 0. The van der Waals surface area contributed by atoms with Crippen LogP contribution in [0.5, 0.6) is 0 Å². The number of hydrogen-bond acceptors (Lipinski definition) is 16. The van der Waals surface area contributed by atoms with Crippen molar-refractivity contribution in [3.63, 3.8) is 0 Å². The van der Waals surface area contributed by atoms with Crippen molar-refractivity contribution in [1.82, 2.24) is 0 Å². The van der Waals surface area contributed by atoms with E-state index in [4.69, 9.17) is 0 Å². The Morgan fingerprint density at radius 1 is 0.400 bits per heavy atom. The summed E-state index contributed by atoms with van der Waals surface area (Å²) in [6, 6.07) is 0. The summed E-state index contributed by atoms with van der Waals surface area (Å²) in [6.07, 6.45) is 18.0. The molecule has 4 heterocycles. The van der Waals surface area contributed by atoms with Gasteiger partial charge in [-0.05, 0) is 103 Å². The Labute approximate surface area is 378 Å². The Balaban J connectivity index is 0. The number of carboxylic acids is 4. The van der Waals surface area contributed by atoms with E-state index in [1.165, 1.54) is 74.4 Å². The molecule has 0 amide bonds. The van der Waals surface area contributed by atoms with Crippen LogP contribution in [0.15, 0.2) is 0 Å². The maximum absolute atomic E-state index is 10.1. The summed E-state index contributed by atoms with van der Waals surface area (Å²) in [6.45, 7) is 0. The first-order valence-electron chi connectivity index (χ1n) is 17.1. The van der Waals surface area contributed by atoms with Gasteiger partial charge in [0.05, 0.1) is 0 Å². The van der Waals surface area contributed by atoms with Gasteiger partial charge < -0.3 is 39.6 Å². The van der Waals surface area contributed by atoms with Crippen LogP contribution in [-0.4, -0.2) is 129 Å². The minimum absolute atomic E-state index is 0. The third-order valence-electron chi connectivity index (χ3n) is 7.54. The van der Waals surface area contributed by atoms with Crippen molar-refractivity contribution in [2.24, 2.45) is 0 Å². The van der Waals surface area contributed by atoms with Crippen LogP contribution in [0.2, 0.25) is 0 Å². The number of carbonyl (C=O) groups excluding carboxylic acids is 4. The van der Waals surface area contributed by atoms with Crippen LogP contribution in [0.4, 0.5) is 0 Å². The summed E-state index contributed by atoms with van der Waals surface area (Å²) in [5.74, 6) is 1.39. The monoisotopic (exact) mass is 884 g/mol. The van der Waals surface area contributed by atoms with E-state index in [1.807, 2.05) is 86.4 Å². The molecule has 4 saturated heterocycles. The molecule has 4 aliphatic rings. The van der Waals surface area contributed by atoms with E-state index in [0.29, 0.717) is 0 Å². The molecule has 4 aliphatic heterocycles. The van der Waals surface area contributed by atoms with E-state index in [-0.39, 0.29) is 86.5 Å². The molecule has 0 aromatic rings. The molecule has 0 spiro atoms. The summed E-state index contributed by atoms with van der Waals surface area (Å²) in [7, 11) is 15.6. The molecule has 0 bridgehead atoms. The van der Waals surface area contributed by atoms with Crippen LogP contribution in [0.1, 0.15) is 128 Å². The van der Waals surface area contributed by atoms with Gasteiger partial charge in [-0.15, -0.1) is 0 Å².